The van der Waals surface area contributed by atoms with E-state index < -0.39 is 22.2 Å². The lowest BCUT2D eigenvalue weighted by Crippen LogP contribution is -2.49. The highest BCUT2D eigenvalue weighted by atomic mass is 32.2. The molecule has 0 aliphatic carbocycles. The molecule has 3 atom stereocenters. The first-order chi connectivity index (χ1) is 18.1. The van der Waals surface area contributed by atoms with Crippen molar-refractivity contribution >= 4 is 10.0 Å². The largest absolute Gasteiger partial charge is 0.487 e. The highest BCUT2D eigenvalue weighted by Crippen LogP contribution is 2.36. The summed E-state index contributed by atoms with van der Waals surface area (Å²) in [6.45, 7) is 4.43. The van der Waals surface area contributed by atoms with Gasteiger partial charge in [-0.05, 0) is 67.1 Å². The minimum Gasteiger partial charge on any atom is -0.487 e. The van der Waals surface area contributed by atoms with Crippen LogP contribution in [0.4, 0.5) is 4.39 Å². The Morgan fingerprint density at radius 2 is 1.89 bits per heavy atom. The maximum absolute atomic E-state index is 13.7. The average Bonchev–Trinajstić information content (AvgIpc) is 2.90. The zero-order chi connectivity index (χ0) is 27.4. The summed E-state index contributed by atoms with van der Waals surface area (Å²) in [5, 5.41) is 19.2. The number of aliphatic hydroxyl groups is 1. The summed E-state index contributed by atoms with van der Waals surface area (Å²) in [6.07, 6.45) is -0.392. The van der Waals surface area contributed by atoms with E-state index in [1.165, 1.54) is 22.5 Å². The van der Waals surface area contributed by atoms with Gasteiger partial charge in [0.1, 0.15) is 22.6 Å². The topological polar surface area (TPSA) is 93.9 Å². The van der Waals surface area contributed by atoms with Gasteiger partial charge in [-0.2, -0.15) is 9.57 Å². The van der Waals surface area contributed by atoms with Crippen LogP contribution in [-0.2, 0) is 16.6 Å². The molecule has 1 aliphatic heterocycles. The first-order valence-corrected chi connectivity index (χ1v) is 13.9. The molecule has 0 unspecified atom stereocenters. The van der Waals surface area contributed by atoms with Crippen LogP contribution in [0, 0.1) is 23.1 Å². The second-order valence-corrected chi connectivity index (χ2v) is 11.8. The van der Waals surface area contributed by atoms with Crippen molar-refractivity contribution in [3.63, 3.8) is 0 Å². The van der Waals surface area contributed by atoms with E-state index in [4.69, 9.17) is 4.74 Å². The van der Waals surface area contributed by atoms with Gasteiger partial charge < -0.3 is 9.84 Å². The predicted molar refractivity (Wildman–Crippen MR) is 143 cm³/mol. The van der Waals surface area contributed by atoms with E-state index in [1.54, 1.807) is 43.3 Å². The molecule has 0 radical (unpaired) electrons. The lowest BCUT2D eigenvalue weighted by molar-refractivity contribution is 0.0734. The van der Waals surface area contributed by atoms with Gasteiger partial charge in [-0.25, -0.2) is 12.8 Å². The second kappa shape index (κ2) is 11.6. The van der Waals surface area contributed by atoms with E-state index in [9.17, 15) is 23.2 Å². The zero-order valence-electron chi connectivity index (χ0n) is 21.7. The van der Waals surface area contributed by atoms with E-state index >= 15 is 0 Å². The molecule has 0 spiro atoms. The minimum absolute atomic E-state index is 0.0303. The summed E-state index contributed by atoms with van der Waals surface area (Å²) >= 11 is 0. The Balaban J connectivity index is 1.73. The average molecular weight is 538 g/mol. The molecule has 3 aromatic rings. The van der Waals surface area contributed by atoms with Gasteiger partial charge in [0.15, 0.2) is 0 Å². The Morgan fingerprint density at radius 1 is 1.16 bits per heavy atom. The van der Waals surface area contributed by atoms with Gasteiger partial charge in [-0.3, -0.25) is 4.90 Å². The molecule has 0 bridgehead atoms. The summed E-state index contributed by atoms with van der Waals surface area (Å²) in [5.74, 6) is -0.296. The molecule has 0 aromatic heterocycles. The van der Waals surface area contributed by atoms with Crippen LogP contribution in [0.25, 0.3) is 11.1 Å². The van der Waals surface area contributed by atoms with Crippen molar-refractivity contribution in [3.8, 4) is 22.9 Å². The normalized spacial score (nSPS) is 20.0. The number of hydrogen-bond donors (Lipinski definition) is 1. The van der Waals surface area contributed by atoms with Crippen LogP contribution < -0.4 is 4.74 Å². The third-order valence-corrected chi connectivity index (χ3v) is 8.84. The standard InChI is InChI=1S/C29H32FN3O4S/c1-20-16-33(21(2)19-34)38(35,36)29-11-10-25(24-8-4-6-22(12-24)15-31)14-27(29)37-28(20)18-32(3)17-23-7-5-9-26(30)13-23/h4-14,20-21,28,34H,16-19H2,1-3H3/t20-,21+,28+/m1/s1. The number of halogens is 1. The van der Waals surface area contributed by atoms with Gasteiger partial charge in [0.05, 0.1) is 18.2 Å². The first kappa shape index (κ1) is 27.7. The molecule has 38 heavy (non-hydrogen) atoms. The van der Waals surface area contributed by atoms with Gasteiger partial charge in [0.2, 0.25) is 10.0 Å². The number of hydrogen-bond acceptors (Lipinski definition) is 6. The molecule has 1 heterocycles. The number of nitriles is 1. The van der Waals surface area contributed by atoms with Crippen LogP contribution >= 0.6 is 0 Å². The number of likely N-dealkylation sites (N-methyl/N-ethyl adjacent to an activating group) is 1. The highest BCUT2D eigenvalue weighted by Gasteiger charge is 2.38. The van der Waals surface area contributed by atoms with E-state index in [0.29, 0.717) is 18.7 Å². The van der Waals surface area contributed by atoms with Crippen LogP contribution in [0.1, 0.15) is 25.0 Å². The predicted octanol–water partition coefficient (Wildman–Crippen LogP) is 4.26. The summed E-state index contributed by atoms with van der Waals surface area (Å²) in [6, 6.07) is 19.9. The summed E-state index contributed by atoms with van der Waals surface area (Å²) in [7, 11) is -2.05. The fourth-order valence-corrected chi connectivity index (χ4v) is 6.54. The first-order valence-electron chi connectivity index (χ1n) is 12.5. The number of aliphatic hydroxyl groups excluding tert-OH is 1. The van der Waals surface area contributed by atoms with E-state index in [1.807, 2.05) is 31.0 Å². The van der Waals surface area contributed by atoms with Gasteiger partial charge in [0, 0.05) is 31.6 Å². The summed E-state index contributed by atoms with van der Waals surface area (Å²) in [5.41, 5.74) is 2.81. The molecule has 1 aliphatic rings. The number of rotatable bonds is 7. The van der Waals surface area contributed by atoms with Crippen LogP contribution in [0.3, 0.4) is 0 Å². The maximum atomic E-state index is 13.7. The quantitative estimate of drug-likeness (QED) is 0.484. The lowest BCUT2D eigenvalue weighted by Gasteiger charge is -2.37. The summed E-state index contributed by atoms with van der Waals surface area (Å²) in [4.78, 5) is 2.05. The Bertz CT molecular complexity index is 1440. The van der Waals surface area contributed by atoms with E-state index in [0.717, 1.165) is 16.7 Å². The fourth-order valence-electron chi connectivity index (χ4n) is 4.71. The van der Waals surface area contributed by atoms with Crippen LogP contribution in [0.15, 0.2) is 71.6 Å². The van der Waals surface area contributed by atoms with E-state index in [2.05, 4.69) is 6.07 Å². The molecule has 0 saturated carbocycles. The zero-order valence-corrected chi connectivity index (χ0v) is 22.5. The van der Waals surface area contributed by atoms with Crippen molar-refractivity contribution < 1.29 is 22.7 Å². The van der Waals surface area contributed by atoms with Crippen molar-refractivity contribution in [2.24, 2.45) is 5.92 Å². The molecule has 1 N–H and O–H groups in total. The number of benzene rings is 3. The van der Waals surface area contributed by atoms with Crippen molar-refractivity contribution in [3.05, 3.63) is 83.7 Å². The third kappa shape index (κ3) is 6.05. The number of ether oxygens (including phenoxy) is 1. The number of fused-ring (bicyclic) bond motifs is 1. The maximum Gasteiger partial charge on any atom is 0.247 e. The van der Waals surface area contributed by atoms with Gasteiger partial charge in [-0.15, -0.1) is 0 Å². The monoisotopic (exact) mass is 537 g/mol. The minimum atomic E-state index is -3.96. The van der Waals surface area contributed by atoms with Crippen LogP contribution in [0.2, 0.25) is 0 Å². The highest BCUT2D eigenvalue weighted by molar-refractivity contribution is 7.89. The SMILES string of the molecule is C[C@@H]1CN([C@@H](C)CO)S(=O)(=O)c2ccc(-c3cccc(C#N)c3)cc2O[C@H]1CN(C)Cc1cccc(F)c1. The fraction of sp³-hybridized carbons (Fsp3) is 0.345. The van der Waals surface area contributed by atoms with Crippen molar-refractivity contribution in [1.29, 1.82) is 5.26 Å². The van der Waals surface area contributed by atoms with Gasteiger partial charge >= 0.3 is 0 Å². The Kier molecular flexibility index (Phi) is 8.48. The third-order valence-electron chi connectivity index (χ3n) is 6.83. The molecular weight excluding hydrogens is 505 g/mol. The lowest BCUT2D eigenvalue weighted by atomic mass is 10.0. The Hall–Kier alpha value is -3.29. The molecule has 0 saturated heterocycles. The number of sulfonamides is 1. The van der Waals surface area contributed by atoms with Crippen LogP contribution in [-0.4, -0.2) is 61.6 Å². The number of nitrogens with zero attached hydrogens (tertiary/aromatic N) is 3. The molecule has 7 nitrogen and oxygen atoms in total. The van der Waals surface area contributed by atoms with Crippen molar-refractivity contribution in [2.75, 3.05) is 26.7 Å². The van der Waals surface area contributed by atoms with Crippen molar-refractivity contribution in [1.82, 2.24) is 9.21 Å². The molecule has 3 aromatic carbocycles. The van der Waals surface area contributed by atoms with Gasteiger partial charge in [0.25, 0.3) is 0 Å². The molecule has 0 amide bonds. The molecule has 0 fully saturated rings. The molecule has 4 rings (SSSR count). The van der Waals surface area contributed by atoms with E-state index in [-0.39, 0.29) is 35.5 Å². The molecule has 9 heteroatoms. The summed E-state index contributed by atoms with van der Waals surface area (Å²) < 4.78 is 48.9. The smallest absolute Gasteiger partial charge is 0.247 e. The molecule has 200 valence electrons. The Morgan fingerprint density at radius 3 is 2.61 bits per heavy atom. The Labute approximate surface area is 223 Å². The molecular formula is C29H32FN3O4S. The van der Waals surface area contributed by atoms with Gasteiger partial charge in [-0.1, -0.05) is 37.3 Å². The van der Waals surface area contributed by atoms with Crippen LogP contribution in [0.5, 0.6) is 5.75 Å². The van der Waals surface area contributed by atoms with Crippen molar-refractivity contribution in [2.45, 2.75) is 37.4 Å². The second-order valence-electron chi connectivity index (χ2n) is 9.92.